The lowest BCUT2D eigenvalue weighted by Gasteiger charge is -2.23. The van der Waals surface area contributed by atoms with Crippen LogP contribution in [0.15, 0.2) is 24.3 Å². The summed E-state index contributed by atoms with van der Waals surface area (Å²) in [4.78, 5) is 2.31. The van der Waals surface area contributed by atoms with Gasteiger partial charge in [-0.15, -0.1) is 0 Å². The summed E-state index contributed by atoms with van der Waals surface area (Å²) < 4.78 is 16.2. The summed E-state index contributed by atoms with van der Waals surface area (Å²) in [5, 5.41) is 9.51. The fourth-order valence-corrected chi connectivity index (χ4v) is 2.19. The molecule has 2 fully saturated rings. The molecule has 2 aliphatic rings. The van der Waals surface area contributed by atoms with E-state index in [1.165, 1.54) is 0 Å². The van der Waals surface area contributed by atoms with Crippen LogP contribution in [-0.4, -0.2) is 56.3 Å². The predicted octanol–water partition coefficient (Wildman–Crippen LogP) is 1.44. The Morgan fingerprint density at radius 3 is 2.24 bits per heavy atom. The molecule has 21 heavy (non-hydrogen) atoms. The van der Waals surface area contributed by atoms with Gasteiger partial charge < -0.3 is 24.2 Å². The number of anilines is 1. The van der Waals surface area contributed by atoms with Crippen molar-refractivity contribution in [2.24, 2.45) is 0 Å². The van der Waals surface area contributed by atoms with Crippen LogP contribution in [0.25, 0.3) is 0 Å². The van der Waals surface area contributed by atoms with Gasteiger partial charge in [-0.25, -0.2) is 0 Å². The Morgan fingerprint density at radius 1 is 1.19 bits per heavy atom. The van der Waals surface area contributed by atoms with Gasteiger partial charge in [0.2, 0.25) is 0 Å². The van der Waals surface area contributed by atoms with Gasteiger partial charge in [0.1, 0.15) is 12.4 Å². The van der Waals surface area contributed by atoms with Crippen molar-refractivity contribution in [3.63, 3.8) is 0 Å². The fraction of sp³-hybridized carbons (Fsp3) is 0.625. The number of aliphatic hydroxyl groups excluding tert-OH is 1. The number of nitrogens with zero attached hydrogens (tertiary/aromatic N) is 1. The normalized spacial score (nSPS) is 24.5. The van der Waals surface area contributed by atoms with E-state index in [9.17, 15) is 5.11 Å². The molecule has 5 nitrogen and oxygen atoms in total. The van der Waals surface area contributed by atoms with Gasteiger partial charge in [0, 0.05) is 18.8 Å². The monoisotopic (exact) mass is 293 g/mol. The Balaban J connectivity index is 1.57. The van der Waals surface area contributed by atoms with E-state index in [1.54, 1.807) is 0 Å². The number of benzene rings is 1. The Labute approximate surface area is 125 Å². The minimum Gasteiger partial charge on any atom is -0.491 e. The maximum absolute atomic E-state index is 9.51. The van der Waals surface area contributed by atoms with Crippen LogP contribution in [-0.2, 0) is 9.47 Å². The van der Waals surface area contributed by atoms with Crippen LogP contribution in [0.4, 0.5) is 5.69 Å². The largest absolute Gasteiger partial charge is 0.491 e. The van der Waals surface area contributed by atoms with Gasteiger partial charge in [0.15, 0.2) is 0 Å². The first-order chi connectivity index (χ1) is 10.2. The van der Waals surface area contributed by atoms with Crippen molar-refractivity contribution in [2.75, 3.05) is 37.8 Å². The van der Waals surface area contributed by atoms with E-state index >= 15 is 0 Å². The zero-order valence-electron chi connectivity index (χ0n) is 12.4. The van der Waals surface area contributed by atoms with E-state index in [0.717, 1.165) is 37.7 Å². The number of hydrogen-bond donors (Lipinski definition) is 1. The van der Waals surface area contributed by atoms with E-state index < -0.39 is 6.10 Å². The van der Waals surface area contributed by atoms with Gasteiger partial charge in [-0.2, -0.15) is 0 Å². The van der Waals surface area contributed by atoms with Gasteiger partial charge in [-0.3, -0.25) is 0 Å². The molecule has 0 saturated carbocycles. The molecule has 3 unspecified atom stereocenters. The molecule has 0 aliphatic carbocycles. The third-order valence-corrected chi connectivity index (χ3v) is 3.77. The first-order valence-corrected chi connectivity index (χ1v) is 7.63. The highest BCUT2D eigenvalue weighted by Gasteiger charge is 2.30. The molecule has 0 aromatic heterocycles. The Bertz CT molecular complexity index is 428. The van der Waals surface area contributed by atoms with E-state index in [4.69, 9.17) is 14.2 Å². The molecule has 3 rings (SSSR count). The van der Waals surface area contributed by atoms with Crippen molar-refractivity contribution < 1.29 is 19.3 Å². The highest BCUT2D eigenvalue weighted by molar-refractivity contribution is 5.49. The Kier molecular flexibility index (Phi) is 4.63. The molecule has 0 radical (unpaired) electrons. The number of ether oxygens (including phenoxy) is 3. The molecule has 1 N–H and O–H groups in total. The van der Waals surface area contributed by atoms with Crippen LogP contribution < -0.4 is 9.64 Å². The molecule has 0 bridgehead atoms. The quantitative estimate of drug-likeness (QED) is 0.698. The summed E-state index contributed by atoms with van der Waals surface area (Å²) in [6.45, 7) is 5.82. The second kappa shape index (κ2) is 6.64. The molecule has 3 atom stereocenters. The third kappa shape index (κ3) is 4.59. The average molecular weight is 293 g/mol. The first kappa shape index (κ1) is 14.6. The molecule has 1 aromatic carbocycles. The summed E-state index contributed by atoms with van der Waals surface area (Å²) in [6.07, 6.45) is 1.02. The van der Waals surface area contributed by atoms with Crippen LogP contribution in [0.3, 0.4) is 0 Å². The van der Waals surface area contributed by atoms with Gasteiger partial charge in [-0.1, -0.05) is 6.92 Å². The van der Waals surface area contributed by atoms with Crippen molar-refractivity contribution >= 4 is 5.69 Å². The molecule has 0 spiro atoms. The third-order valence-electron chi connectivity index (χ3n) is 3.77. The Hall–Kier alpha value is -1.30. The highest BCUT2D eigenvalue weighted by Crippen LogP contribution is 2.24. The molecule has 1 aromatic rings. The van der Waals surface area contributed by atoms with Crippen LogP contribution in [0, 0.1) is 0 Å². The minimum atomic E-state index is -0.403. The van der Waals surface area contributed by atoms with E-state index in [1.807, 2.05) is 19.1 Å². The molecular weight excluding hydrogens is 270 g/mol. The molecule has 2 saturated heterocycles. The summed E-state index contributed by atoms with van der Waals surface area (Å²) in [7, 11) is 0. The molecule has 116 valence electrons. The fourth-order valence-electron chi connectivity index (χ4n) is 2.19. The summed E-state index contributed by atoms with van der Waals surface area (Å²) in [5.74, 6) is 0.788. The second-order valence-electron chi connectivity index (χ2n) is 5.68. The average Bonchev–Trinajstić information content (AvgIpc) is 3.40. The lowest BCUT2D eigenvalue weighted by atomic mass is 10.2. The van der Waals surface area contributed by atoms with Crippen molar-refractivity contribution in [1.29, 1.82) is 0 Å². The predicted molar refractivity (Wildman–Crippen MR) is 79.9 cm³/mol. The smallest absolute Gasteiger partial charge is 0.119 e. The lowest BCUT2D eigenvalue weighted by molar-refractivity contribution is 0.104. The standard InChI is InChI=1S/C16H23NO4/c1-2-13(18)9-19-14-5-3-12(4-6-14)17(7-15-10-20-15)8-16-11-21-16/h3-6,13,15-16,18H,2,7-11H2,1H3. The molecule has 5 heteroatoms. The second-order valence-corrected chi connectivity index (χ2v) is 5.68. The summed E-state index contributed by atoms with van der Waals surface area (Å²) in [5.41, 5.74) is 1.16. The van der Waals surface area contributed by atoms with Gasteiger partial charge in [0.25, 0.3) is 0 Å². The van der Waals surface area contributed by atoms with E-state index in [-0.39, 0.29) is 0 Å². The van der Waals surface area contributed by atoms with E-state index in [2.05, 4.69) is 17.0 Å². The Morgan fingerprint density at radius 2 is 1.76 bits per heavy atom. The molecule has 2 heterocycles. The van der Waals surface area contributed by atoms with Crippen LogP contribution >= 0.6 is 0 Å². The van der Waals surface area contributed by atoms with Crippen molar-refractivity contribution in [3.05, 3.63) is 24.3 Å². The number of hydrogen-bond acceptors (Lipinski definition) is 5. The molecule has 2 aliphatic heterocycles. The van der Waals surface area contributed by atoms with Crippen LogP contribution in [0.1, 0.15) is 13.3 Å². The minimum absolute atomic E-state index is 0.339. The summed E-state index contributed by atoms with van der Waals surface area (Å²) >= 11 is 0. The van der Waals surface area contributed by atoms with Crippen molar-refractivity contribution in [3.8, 4) is 5.75 Å². The summed E-state index contributed by atoms with van der Waals surface area (Å²) in [6, 6.07) is 8.01. The lowest BCUT2D eigenvalue weighted by Crippen LogP contribution is -2.31. The topological polar surface area (TPSA) is 57.8 Å². The van der Waals surface area contributed by atoms with Gasteiger partial charge in [0.05, 0.1) is 31.5 Å². The number of epoxide rings is 2. The SMILES string of the molecule is CCC(O)COc1ccc(N(CC2CO2)CC2CO2)cc1. The van der Waals surface area contributed by atoms with Crippen molar-refractivity contribution in [2.45, 2.75) is 31.7 Å². The number of rotatable bonds is 9. The maximum Gasteiger partial charge on any atom is 0.119 e. The van der Waals surface area contributed by atoms with Gasteiger partial charge in [-0.05, 0) is 30.7 Å². The van der Waals surface area contributed by atoms with Crippen LogP contribution in [0.2, 0.25) is 0 Å². The van der Waals surface area contributed by atoms with Gasteiger partial charge >= 0.3 is 0 Å². The highest BCUT2D eigenvalue weighted by atomic mass is 16.6. The van der Waals surface area contributed by atoms with Crippen LogP contribution in [0.5, 0.6) is 5.75 Å². The zero-order chi connectivity index (χ0) is 14.7. The maximum atomic E-state index is 9.51. The van der Waals surface area contributed by atoms with Crippen molar-refractivity contribution in [1.82, 2.24) is 0 Å². The first-order valence-electron chi connectivity index (χ1n) is 7.63. The zero-order valence-corrected chi connectivity index (χ0v) is 12.4. The molecular formula is C16H23NO4. The molecule has 0 amide bonds. The number of aliphatic hydroxyl groups is 1. The van der Waals surface area contributed by atoms with E-state index in [0.29, 0.717) is 25.2 Å².